The summed E-state index contributed by atoms with van der Waals surface area (Å²) >= 11 is 13.3. The third kappa shape index (κ3) is 6.30. The number of nitrogens with one attached hydrogen (secondary N) is 2. The fourth-order valence-electron chi connectivity index (χ4n) is 2.07. The minimum atomic E-state index is -1.22. The van der Waals surface area contributed by atoms with Gasteiger partial charge in [-0.2, -0.15) is 0 Å². The summed E-state index contributed by atoms with van der Waals surface area (Å²) in [5.41, 5.74) is 0.875. The molecule has 0 saturated carbocycles. The molecule has 3 N–H and O–H groups in total. The molecule has 9 heteroatoms. The molecule has 0 heterocycles. The van der Waals surface area contributed by atoms with Crippen LogP contribution in [0.4, 0.5) is 11.4 Å². The van der Waals surface area contributed by atoms with Crippen LogP contribution < -0.4 is 10.6 Å². The van der Waals surface area contributed by atoms with Gasteiger partial charge in [0.15, 0.2) is 0 Å². The topological polar surface area (TPSA) is 95.5 Å². The van der Waals surface area contributed by atoms with Crippen molar-refractivity contribution in [2.45, 2.75) is 17.1 Å². The maximum absolute atomic E-state index is 12.5. The molecule has 2 amide bonds. The van der Waals surface area contributed by atoms with Crippen molar-refractivity contribution in [3.05, 3.63) is 64.7 Å². The van der Waals surface area contributed by atoms with E-state index in [1.165, 1.54) is 11.8 Å². The molecular weight excluding hydrogens is 423 g/mol. The summed E-state index contributed by atoms with van der Waals surface area (Å²) in [6.07, 6.45) is 1.66. The zero-order chi connectivity index (χ0) is 20.7. The van der Waals surface area contributed by atoms with E-state index in [4.69, 9.17) is 28.3 Å². The summed E-state index contributed by atoms with van der Waals surface area (Å²) in [4.78, 5) is 35.5. The van der Waals surface area contributed by atoms with Crippen LogP contribution in [-0.4, -0.2) is 28.1 Å². The summed E-state index contributed by atoms with van der Waals surface area (Å²) < 4.78 is 0. The fourth-order valence-corrected chi connectivity index (χ4v) is 3.37. The number of halogens is 2. The Hall–Kier alpha value is -2.48. The number of rotatable bonds is 7. The molecule has 0 aliphatic carbocycles. The Kier molecular flexibility index (Phi) is 7.92. The van der Waals surface area contributed by atoms with E-state index in [1.54, 1.807) is 49.4 Å². The monoisotopic (exact) mass is 438 g/mol. The van der Waals surface area contributed by atoms with E-state index in [-0.39, 0.29) is 10.9 Å². The minimum Gasteiger partial charge on any atom is -0.478 e. The highest BCUT2D eigenvalue weighted by molar-refractivity contribution is 8.00. The summed E-state index contributed by atoms with van der Waals surface area (Å²) in [7, 11) is 0. The second-order valence-electron chi connectivity index (χ2n) is 5.51. The Bertz CT molecular complexity index is 934. The number of aliphatic carboxylic acids is 1. The lowest BCUT2D eigenvalue weighted by atomic mass is 10.3. The second kappa shape index (κ2) is 10.2. The lowest BCUT2D eigenvalue weighted by Gasteiger charge is -2.15. The number of carbonyl (C=O) groups excluding carboxylic acids is 2. The molecule has 0 saturated heterocycles. The smallest absolute Gasteiger partial charge is 0.328 e. The van der Waals surface area contributed by atoms with E-state index in [2.05, 4.69) is 10.6 Å². The van der Waals surface area contributed by atoms with Crippen molar-refractivity contribution in [3.8, 4) is 0 Å². The number of amides is 2. The number of carboxylic acid groups (broad SMARTS) is 1. The quantitative estimate of drug-likeness (QED) is 0.430. The van der Waals surface area contributed by atoms with Gasteiger partial charge in [0.25, 0.3) is 0 Å². The first-order valence-corrected chi connectivity index (χ1v) is 9.64. The van der Waals surface area contributed by atoms with E-state index < -0.39 is 17.1 Å². The lowest BCUT2D eigenvalue weighted by Crippen LogP contribution is -2.22. The van der Waals surface area contributed by atoms with Gasteiger partial charge in [0, 0.05) is 17.0 Å². The SMILES string of the molecule is C[C@@H](Sc1ccccc1NC(=O)/C=C/C(=O)O)C(=O)Nc1cccc(Cl)c1Cl. The van der Waals surface area contributed by atoms with Crippen LogP contribution in [0.25, 0.3) is 0 Å². The number of thioether (sulfide) groups is 1. The van der Waals surface area contributed by atoms with Crippen molar-refractivity contribution in [3.63, 3.8) is 0 Å². The standard InChI is InChI=1S/C19H16Cl2N2O4S/c1-11(19(27)23-14-7-4-5-12(20)18(14)21)28-15-8-3-2-6-13(15)22-16(24)9-10-17(25)26/h2-11H,1H3,(H,22,24)(H,23,27)(H,25,26)/b10-9+/t11-/m1/s1. The number of benzene rings is 2. The molecule has 0 aliphatic heterocycles. The van der Waals surface area contributed by atoms with Gasteiger partial charge in [-0.15, -0.1) is 11.8 Å². The van der Waals surface area contributed by atoms with Crippen LogP contribution in [-0.2, 0) is 14.4 Å². The molecule has 28 heavy (non-hydrogen) atoms. The second-order valence-corrected chi connectivity index (χ2v) is 7.68. The van der Waals surface area contributed by atoms with E-state index in [9.17, 15) is 14.4 Å². The van der Waals surface area contributed by atoms with E-state index >= 15 is 0 Å². The number of carboxylic acids is 1. The Balaban J connectivity index is 2.08. The van der Waals surface area contributed by atoms with Gasteiger partial charge in [-0.05, 0) is 31.2 Å². The van der Waals surface area contributed by atoms with E-state index in [1.807, 2.05) is 0 Å². The largest absolute Gasteiger partial charge is 0.478 e. The molecule has 2 rings (SSSR count). The van der Waals surface area contributed by atoms with Crippen molar-refractivity contribution in [2.24, 2.45) is 0 Å². The van der Waals surface area contributed by atoms with Crippen LogP contribution in [0.1, 0.15) is 6.92 Å². The predicted octanol–water partition coefficient (Wildman–Crippen LogP) is 4.69. The molecule has 0 aliphatic rings. The Morgan fingerprint density at radius 2 is 1.68 bits per heavy atom. The van der Waals surface area contributed by atoms with Gasteiger partial charge in [0.05, 0.1) is 26.7 Å². The third-order valence-electron chi connectivity index (χ3n) is 3.40. The van der Waals surface area contributed by atoms with E-state index in [0.717, 1.165) is 12.2 Å². The molecule has 0 unspecified atom stereocenters. The van der Waals surface area contributed by atoms with Crippen molar-refractivity contribution < 1.29 is 19.5 Å². The first-order valence-electron chi connectivity index (χ1n) is 8.00. The average molecular weight is 439 g/mol. The molecule has 146 valence electrons. The normalized spacial score (nSPS) is 11.8. The Labute approximate surface area is 175 Å². The van der Waals surface area contributed by atoms with Gasteiger partial charge >= 0.3 is 5.97 Å². The Morgan fingerprint density at radius 1 is 1.00 bits per heavy atom. The minimum absolute atomic E-state index is 0.257. The molecule has 0 radical (unpaired) electrons. The molecule has 2 aromatic rings. The van der Waals surface area contributed by atoms with Gasteiger partial charge in [-0.3, -0.25) is 9.59 Å². The van der Waals surface area contributed by atoms with Crippen LogP contribution in [0.2, 0.25) is 10.0 Å². The van der Waals surface area contributed by atoms with Crippen LogP contribution in [0.3, 0.4) is 0 Å². The van der Waals surface area contributed by atoms with Crippen molar-refractivity contribution in [1.82, 2.24) is 0 Å². The number of hydrogen-bond acceptors (Lipinski definition) is 4. The zero-order valence-corrected chi connectivity index (χ0v) is 16.9. The highest BCUT2D eigenvalue weighted by Gasteiger charge is 2.18. The average Bonchev–Trinajstić information content (AvgIpc) is 2.65. The molecule has 6 nitrogen and oxygen atoms in total. The third-order valence-corrected chi connectivity index (χ3v) is 5.40. The molecule has 0 fully saturated rings. The van der Waals surface area contributed by atoms with Crippen LogP contribution >= 0.6 is 35.0 Å². The maximum atomic E-state index is 12.5. The summed E-state index contributed by atoms with van der Waals surface area (Å²) in [5, 5.41) is 14.0. The van der Waals surface area contributed by atoms with Crippen molar-refractivity contribution >= 4 is 64.1 Å². The highest BCUT2D eigenvalue weighted by Crippen LogP contribution is 2.33. The van der Waals surface area contributed by atoms with Gasteiger partial charge in [-0.25, -0.2) is 4.79 Å². The first-order chi connectivity index (χ1) is 13.3. The summed E-state index contributed by atoms with van der Waals surface area (Å²) in [5.74, 6) is -2.10. The number of carbonyl (C=O) groups is 3. The van der Waals surface area contributed by atoms with Gasteiger partial charge in [-0.1, -0.05) is 41.4 Å². The molecule has 1 atom stereocenters. The summed E-state index contributed by atoms with van der Waals surface area (Å²) in [6, 6.07) is 11.8. The van der Waals surface area contributed by atoms with Gasteiger partial charge < -0.3 is 15.7 Å². The van der Waals surface area contributed by atoms with Crippen LogP contribution in [0, 0.1) is 0 Å². The van der Waals surface area contributed by atoms with Crippen LogP contribution in [0.15, 0.2) is 59.5 Å². The highest BCUT2D eigenvalue weighted by atomic mass is 35.5. The van der Waals surface area contributed by atoms with Crippen molar-refractivity contribution in [1.29, 1.82) is 0 Å². The maximum Gasteiger partial charge on any atom is 0.328 e. The number of anilines is 2. The summed E-state index contributed by atoms with van der Waals surface area (Å²) in [6.45, 7) is 1.71. The number of hydrogen-bond donors (Lipinski definition) is 3. The molecule has 2 aromatic carbocycles. The van der Waals surface area contributed by atoms with Crippen LogP contribution in [0.5, 0.6) is 0 Å². The molecular formula is C19H16Cl2N2O4S. The molecule has 0 spiro atoms. The zero-order valence-electron chi connectivity index (χ0n) is 14.6. The Morgan fingerprint density at radius 3 is 2.39 bits per heavy atom. The van der Waals surface area contributed by atoms with E-state index in [0.29, 0.717) is 21.3 Å². The van der Waals surface area contributed by atoms with Gasteiger partial charge in [0.1, 0.15) is 0 Å². The fraction of sp³-hybridized carbons (Fsp3) is 0.105. The van der Waals surface area contributed by atoms with Gasteiger partial charge in [0.2, 0.25) is 11.8 Å². The first kappa shape index (κ1) is 21.8. The predicted molar refractivity (Wildman–Crippen MR) is 112 cm³/mol. The lowest BCUT2D eigenvalue weighted by molar-refractivity contribution is -0.131. The molecule has 0 bridgehead atoms. The number of para-hydroxylation sites is 1. The van der Waals surface area contributed by atoms with Crippen molar-refractivity contribution in [2.75, 3.05) is 10.6 Å². The molecule has 0 aromatic heterocycles.